The molecule has 54 valence electrons. The Labute approximate surface area is 57.2 Å². The average molecular weight is 128 g/mol. The van der Waals surface area contributed by atoms with E-state index in [0.29, 0.717) is 5.92 Å². The SMILES string of the molecule is CC/N=C(/N)C(C)CC. The van der Waals surface area contributed by atoms with E-state index in [9.17, 15) is 0 Å². The van der Waals surface area contributed by atoms with Crippen molar-refractivity contribution in [2.45, 2.75) is 27.2 Å². The summed E-state index contributed by atoms with van der Waals surface area (Å²) < 4.78 is 0. The summed E-state index contributed by atoms with van der Waals surface area (Å²) >= 11 is 0. The third-order valence-corrected chi connectivity index (χ3v) is 1.46. The van der Waals surface area contributed by atoms with Crippen LogP contribution >= 0.6 is 0 Å². The van der Waals surface area contributed by atoms with Crippen molar-refractivity contribution in [3.05, 3.63) is 0 Å². The molecule has 0 aromatic rings. The maximum absolute atomic E-state index is 5.59. The van der Waals surface area contributed by atoms with E-state index in [0.717, 1.165) is 18.8 Å². The van der Waals surface area contributed by atoms with Gasteiger partial charge < -0.3 is 5.73 Å². The molecular formula is C7H16N2. The van der Waals surface area contributed by atoms with Gasteiger partial charge >= 0.3 is 0 Å². The highest BCUT2D eigenvalue weighted by molar-refractivity contribution is 5.82. The van der Waals surface area contributed by atoms with Crippen LogP contribution in [0.15, 0.2) is 4.99 Å². The Morgan fingerprint density at radius 2 is 2.11 bits per heavy atom. The van der Waals surface area contributed by atoms with Gasteiger partial charge in [0, 0.05) is 12.5 Å². The van der Waals surface area contributed by atoms with Crippen LogP contribution in [0.3, 0.4) is 0 Å². The van der Waals surface area contributed by atoms with Gasteiger partial charge in [-0.3, -0.25) is 4.99 Å². The van der Waals surface area contributed by atoms with Crippen molar-refractivity contribution in [2.24, 2.45) is 16.6 Å². The fraction of sp³-hybridized carbons (Fsp3) is 0.857. The molecule has 0 heterocycles. The molecule has 1 unspecified atom stereocenters. The van der Waals surface area contributed by atoms with Crippen molar-refractivity contribution >= 4 is 5.84 Å². The number of hydrogen-bond acceptors (Lipinski definition) is 1. The molecule has 0 radical (unpaired) electrons. The van der Waals surface area contributed by atoms with Gasteiger partial charge in [-0.1, -0.05) is 13.8 Å². The van der Waals surface area contributed by atoms with Crippen LogP contribution in [0.1, 0.15) is 27.2 Å². The summed E-state index contributed by atoms with van der Waals surface area (Å²) in [6.07, 6.45) is 1.08. The molecule has 0 amide bonds. The van der Waals surface area contributed by atoms with E-state index in [1.165, 1.54) is 0 Å². The van der Waals surface area contributed by atoms with Gasteiger partial charge in [-0.2, -0.15) is 0 Å². The number of rotatable bonds is 3. The van der Waals surface area contributed by atoms with Crippen LogP contribution in [0, 0.1) is 5.92 Å². The summed E-state index contributed by atoms with van der Waals surface area (Å²) in [5.41, 5.74) is 5.59. The molecule has 0 aliphatic heterocycles. The van der Waals surface area contributed by atoms with Gasteiger partial charge in [-0.15, -0.1) is 0 Å². The van der Waals surface area contributed by atoms with Crippen molar-refractivity contribution < 1.29 is 0 Å². The maximum Gasteiger partial charge on any atom is 0.0965 e. The molecule has 0 rings (SSSR count). The van der Waals surface area contributed by atoms with E-state index in [1.54, 1.807) is 0 Å². The quantitative estimate of drug-likeness (QED) is 0.453. The molecule has 0 aromatic carbocycles. The molecule has 1 atom stereocenters. The van der Waals surface area contributed by atoms with Gasteiger partial charge in [0.15, 0.2) is 0 Å². The minimum Gasteiger partial charge on any atom is -0.387 e. The minimum atomic E-state index is 0.449. The van der Waals surface area contributed by atoms with E-state index < -0.39 is 0 Å². The Bertz CT molecular complexity index is 97.1. The largest absolute Gasteiger partial charge is 0.387 e. The molecule has 2 heteroatoms. The molecule has 0 aliphatic carbocycles. The smallest absolute Gasteiger partial charge is 0.0965 e. The Kier molecular flexibility index (Phi) is 4.10. The second-order valence-electron chi connectivity index (χ2n) is 2.21. The molecular weight excluding hydrogens is 112 g/mol. The molecule has 2 N–H and O–H groups in total. The molecule has 0 saturated carbocycles. The van der Waals surface area contributed by atoms with Gasteiger partial charge in [0.25, 0.3) is 0 Å². The summed E-state index contributed by atoms with van der Waals surface area (Å²) in [6, 6.07) is 0. The van der Waals surface area contributed by atoms with E-state index in [-0.39, 0.29) is 0 Å². The highest BCUT2D eigenvalue weighted by Gasteiger charge is 2.00. The Hall–Kier alpha value is -0.530. The van der Waals surface area contributed by atoms with Gasteiger partial charge in [-0.05, 0) is 13.3 Å². The molecule has 2 nitrogen and oxygen atoms in total. The van der Waals surface area contributed by atoms with Crippen LogP contribution in [0.4, 0.5) is 0 Å². The van der Waals surface area contributed by atoms with E-state index in [4.69, 9.17) is 5.73 Å². The lowest BCUT2D eigenvalue weighted by atomic mass is 10.1. The number of nitrogens with zero attached hydrogens (tertiary/aromatic N) is 1. The first kappa shape index (κ1) is 8.47. The molecule has 0 saturated heterocycles. The topological polar surface area (TPSA) is 38.4 Å². The summed E-state index contributed by atoms with van der Waals surface area (Å²) in [7, 11) is 0. The third-order valence-electron chi connectivity index (χ3n) is 1.46. The monoisotopic (exact) mass is 128 g/mol. The molecule has 0 spiro atoms. The normalized spacial score (nSPS) is 15.7. The Balaban J connectivity index is 3.70. The van der Waals surface area contributed by atoms with Crippen molar-refractivity contribution in [3.8, 4) is 0 Å². The molecule has 0 aliphatic rings. The highest BCUT2D eigenvalue weighted by atomic mass is 14.8. The average Bonchev–Trinajstić information content (AvgIpc) is 1.87. The van der Waals surface area contributed by atoms with Crippen molar-refractivity contribution in [2.75, 3.05) is 6.54 Å². The van der Waals surface area contributed by atoms with E-state index in [1.807, 2.05) is 6.92 Å². The number of nitrogens with two attached hydrogens (primary N) is 1. The lowest BCUT2D eigenvalue weighted by molar-refractivity contribution is 0.728. The first-order valence-electron chi connectivity index (χ1n) is 3.52. The fourth-order valence-corrected chi connectivity index (χ4v) is 0.548. The zero-order chi connectivity index (χ0) is 7.28. The second-order valence-corrected chi connectivity index (χ2v) is 2.21. The molecule has 9 heavy (non-hydrogen) atoms. The summed E-state index contributed by atoms with van der Waals surface area (Å²) in [5.74, 6) is 1.24. The van der Waals surface area contributed by atoms with Gasteiger partial charge in [0.05, 0.1) is 5.84 Å². The molecule has 0 fully saturated rings. The summed E-state index contributed by atoms with van der Waals surface area (Å²) in [4.78, 5) is 4.09. The fourth-order valence-electron chi connectivity index (χ4n) is 0.548. The van der Waals surface area contributed by atoms with E-state index in [2.05, 4.69) is 18.8 Å². The Morgan fingerprint density at radius 3 is 2.44 bits per heavy atom. The summed E-state index contributed by atoms with van der Waals surface area (Å²) in [5, 5.41) is 0. The zero-order valence-electron chi connectivity index (χ0n) is 6.52. The third kappa shape index (κ3) is 3.12. The van der Waals surface area contributed by atoms with Crippen LogP contribution in [0.2, 0.25) is 0 Å². The van der Waals surface area contributed by atoms with Crippen LogP contribution in [-0.4, -0.2) is 12.4 Å². The number of amidine groups is 1. The van der Waals surface area contributed by atoms with Gasteiger partial charge in [0.2, 0.25) is 0 Å². The molecule has 0 aromatic heterocycles. The van der Waals surface area contributed by atoms with Gasteiger partial charge in [0.1, 0.15) is 0 Å². The first-order valence-corrected chi connectivity index (χ1v) is 3.52. The second kappa shape index (κ2) is 4.36. The number of aliphatic imine (C=N–C) groups is 1. The van der Waals surface area contributed by atoms with Crippen LogP contribution in [0.5, 0.6) is 0 Å². The standard InChI is InChI=1S/C7H16N2/c1-4-6(3)7(8)9-5-2/h6H,4-5H2,1-3H3,(H2,8,9). The lowest BCUT2D eigenvalue weighted by Gasteiger charge is -2.05. The van der Waals surface area contributed by atoms with Crippen LogP contribution in [-0.2, 0) is 0 Å². The lowest BCUT2D eigenvalue weighted by Crippen LogP contribution is -2.20. The van der Waals surface area contributed by atoms with Crippen molar-refractivity contribution in [1.29, 1.82) is 0 Å². The first-order chi connectivity index (χ1) is 4.22. The van der Waals surface area contributed by atoms with Crippen LogP contribution in [0.25, 0.3) is 0 Å². The minimum absolute atomic E-state index is 0.449. The highest BCUT2D eigenvalue weighted by Crippen LogP contribution is 1.99. The summed E-state index contributed by atoms with van der Waals surface area (Å²) in [6.45, 7) is 7.00. The predicted octanol–water partition coefficient (Wildman–Crippen LogP) is 1.41. The predicted molar refractivity (Wildman–Crippen MR) is 41.6 cm³/mol. The van der Waals surface area contributed by atoms with Crippen molar-refractivity contribution in [1.82, 2.24) is 0 Å². The van der Waals surface area contributed by atoms with Gasteiger partial charge in [-0.25, -0.2) is 0 Å². The van der Waals surface area contributed by atoms with E-state index >= 15 is 0 Å². The van der Waals surface area contributed by atoms with Crippen LogP contribution < -0.4 is 5.73 Å². The zero-order valence-corrected chi connectivity index (χ0v) is 6.52. The van der Waals surface area contributed by atoms with Crippen molar-refractivity contribution in [3.63, 3.8) is 0 Å². The number of hydrogen-bond donors (Lipinski definition) is 1. The Morgan fingerprint density at radius 1 is 1.56 bits per heavy atom. The molecule has 0 bridgehead atoms. The maximum atomic E-state index is 5.59.